The predicted molar refractivity (Wildman–Crippen MR) is 323 cm³/mol. The van der Waals surface area contributed by atoms with Crippen LogP contribution in [0.1, 0.15) is 129 Å². The normalized spacial score (nSPS) is 22.3. The minimum Gasteiger partial charge on any atom is -0.451 e. The summed E-state index contributed by atoms with van der Waals surface area (Å²) in [6.45, 7) is 17.9. The highest BCUT2D eigenvalue weighted by Crippen LogP contribution is 2.26. The van der Waals surface area contributed by atoms with Crippen molar-refractivity contribution < 1.29 is 57.3 Å². The van der Waals surface area contributed by atoms with E-state index in [0.29, 0.717) is 33.2 Å². The number of cyclic esters (lactones) is 4. The Labute approximate surface area is 520 Å². The SMILES string of the molecule is CC(C)C[C@H]1C(=O)O[C@H](Cc2ccc(Cn3cc(Br)c(C#N)n3)cc2)C(=O)N(C)[C@@H](CC(C)C)C(=O)O[C@H](C)C(=O)N(C)[C@@H](CC(C)C)C(=O)O[C@H](Cc2ccc(Cn3cc(Br)c(C#N)n3)cc2)C(=O)N(C)[C@@H](CC(C)C)C(=O)O[C@H](C)C(=O)N1C. The number of amides is 4. The maximum atomic E-state index is 15.0. The van der Waals surface area contributed by atoms with Gasteiger partial charge in [0.2, 0.25) is 0 Å². The average molecular weight is 1320 g/mol. The first kappa shape index (κ1) is 69.3. The summed E-state index contributed by atoms with van der Waals surface area (Å²) in [4.78, 5) is 122. The third-order valence-corrected chi connectivity index (χ3v) is 15.9. The van der Waals surface area contributed by atoms with E-state index in [4.69, 9.17) is 18.9 Å². The second kappa shape index (κ2) is 31.3. The Bertz CT molecular complexity index is 2920. The van der Waals surface area contributed by atoms with E-state index in [2.05, 4.69) is 42.1 Å². The van der Waals surface area contributed by atoms with E-state index in [-0.39, 0.29) is 73.6 Å². The van der Waals surface area contributed by atoms with Crippen molar-refractivity contribution >= 4 is 79.4 Å². The number of halogens is 2. The summed E-state index contributed by atoms with van der Waals surface area (Å²) in [5.74, 6) is -7.86. The average Bonchev–Trinajstić information content (AvgIpc) is 4.18. The van der Waals surface area contributed by atoms with E-state index >= 15 is 9.59 Å². The topological polar surface area (TPSA) is 270 Å². The highest BCUT2D eigenvalue weighted by molar-refractivity contribution is 9.10. The Hall–Kier alpha value is -7.44. The van der Waals surface area contributed by atoms with Crippen molar-refractivity contribution in [3.05, 3.63) is 104 Å². The van der Waals surface area contributed by atoms with E-state index < -0.39 is 96.1 Å². The van der Waals surface area contributed by atoms with E-state index in [1.165, 1.54) is 42.0 Å². The van der Waals surface area contributed by atoms with Gasteiger partial charge in [-0.25, -0.2) is 19.2 Å². The van der Waals surface area contributed by atoms with Crippen LogP contribution in [-0.2, 0) is 83.2 Å². The summed E-state index contributed by atoms with van der Waals surface area (Å²) in [5, 5.41) is 27.4. The molecule has 1 saturated heterocycles. The molecule has 3 heterocycles. The lowest BCUT2D eigenvalue weighted by Gasteiger charge is -2.35. The van der Waals surface area contributed by atoms with Crippen LogP contribution in [0.25, 0.3) is 0 Å². The number of hydrogen-bond acceptors (Lipinski definition) is 16. The maximum Gasteiger partial charge on any atom is 0.329 e. The van der Waals surface area contributed by atoms with Gasteiger partial charge in [0.25, 0.3) is 23.6 Å². The van der Waals surface area contributed by atoms with E-state index in [9.17, 15) is 39.3 Å². The minimum absolute atomic E-state index is 0.0481. The third-order valence-electron chi connectivity index (χ3n) is 14.7. The fraction of sp³-hybridized carbons (Fsp3) is 0.548. The van der Waals surface area contributed by atoms with Crippen LogP contribution in [-0.4, -0.2) is 163 Å². The maximum absolute atomic E-state index is 15.0. The molecule has 464 valence electrons. The van der Waals surface area contributed by atoms with Crippen LogP contribution in [0.4, 0.5) is 0 Å². The molecule has 2 aromatic carbocycles. The summed E-state index contributed by atoms with van der Waals surface area (Å²) in [6.07, 6.45) is -3.06. The molecule has 24 heteroatoms. The second-order valence-corrected chi connectivity index (χ2v) is 25.4. The van der Waals surface area contributed by atoms with Crippen molar-refractivity contribution in [2.75, 3.05) is 28.2 Å². The number of carbonyl (C=O) groups excluding carboxylic acids is 8. The van der Waals surface area contributed by atoms with Crippen LogP contribution in [0, 0.1) is 46.3 Å². The second-order valence-electron chi connectivity index (χ2n) is 23.7. The van der Waals surface area contributed by atoms with Crippen LogP contribution in [0.3, 0.4) is 0 Å². The number of likely N-dealkylation sites (N-methyl/N-ethyl adjacent to an activating group) is 4. The zero-order valence-corrected chi connectivity index (χ0v) is 54.7. The van der Waals surface area contributed by atoms with Crippen LogP contribution < -0.4 is 0 Å². The largest absolute Gasteiger partial charge is 0.451 e. The molecule has 0 bridgehead atoms. The Morgan fingerprint density at radius 2 is 0.698 bits per heavy atom. The molecule has 1 aliphatic rings. The molecule has 0 aliphatic carbocycles. The summed E-state index contributed by atoms with van der Waals surface area (Å²) < 4.78 is 28.4. The Morgan fingerprint density at radius 3 is 0.953 bits per heavy atom. The van der Waals surface area contributed by atoms with E-state index in [1.807, 2.05) is 67.5 Å². The molecule has 1 fully saturated rings. The standard InChI is InChI=1S/C62H80Br2N10O12/c1-35(2)23-49-59(79)83-39(9)55(75)69(11)52(26-38(7)8)62(82)86-54(28-42-17-21-44(22-18-42)32-74-34-46(64)48(30-66)68-74)58(78)72(14)50(24-36(3)4)60(80)84-40(10)56(76)70(12)51(25-37(5)6)61(81)85-53(57(77)71(49)13)27-41-15-19-43(20-16-41)31-73-33-45(63)47(29-65)67-73/h15-22,33-40,49-54H,23-28,31-32H2,1-14H3/t39-,40-,49+,50+,51+,52+,53-,54-/m1/s1. The highest BCUT2D eigenvalue weighted by atomic mass is 79.9. The molecule has 86 heavy (non-hydrogen) atoms. The molecule has 1 aliphatic heterocycles. The van der Waals surface area contributed by atoms with Crippen LogP contribution in [0.2, 0.25) is 0 Å². The first-order chi connectivity index (χ1) is 40.4. The van der Waals surface area contributed by atoms with Crippen molar-refractivity contribution in [1.82, 2.24) is 39.2 Å². The van der Waals surface area contributed by atoms with Crippen molar-refractivity contribution in [3.8, 4) is 12.1 Å². The zero-order valence-electron chi connectivity index (χ0n) is 51.5. The Balaban J connectivity index is 1.59. The van der Waals surface area contributed by atoms with Gasteiger partial charge in [-0.3, -0.25) is 28.5 Å². The molecular weight excluding hydrogens is 1240 g/mol. The molecule has 5 rings (SSSR count). The summed E-state index contributed by atoms with van der Waals surface area (Å²) >= 11 is 6.68. The van der Waals surface area contributed by atoms with Crippen molar-refractivity contribution in [2.24, 2.45) is 23.7 Å². The van der Waals surface area contributed by atoms with Gasteiger partial charge in [0.05, 0.1) is 22.0 Å². The highest BCUT2D eigenvalue weighted by Gasteiger charge is 2.43. The zero-order chi connectivity index (χ0) is 64.0. The lowest BCUT2D eigenvalue weighted by Crippen LogP contribution is -2.55. The van der Waals surface area contributed by atoms with Crippen LogP contribution in [0.5, 0.6) is 0 Å². The van der Waals surface area contributed by atoms with Gasteiger partial charge in [0, 0.05) is 53.4 Å². The number of esters is 4. The van der Waals surface area contributed by atoms with E-state index in [0.717, 1.165) is 30.7 Å². The van der Waals surface area contributed by atoms with Gasteiger partial charge in [-0.05, 0) is 117 Å². The van der Waals surface area contributed by atoms with E-state index in [1.54, 1.807) is 70.3 Å². The van der Waals surface area contributed by atoms with Gasteiger partial charge in [-0.15, -0.1) is 0 Å². The van der Waals surface area contributed by atoms with Crippen molar-refractivity contribution in [1.29, 1.82) is 10.5 Å². The molecule has 0 unspecified atom stereocenters. The molecule has 0 radical (unpaired) electrons. The lowest BCUT2D eigenvalue weighted by atomic mass is 9.99. The lowest BCUT2D eigenvalue weighted by molar-refractivity contribution is -0.176. The van der Waals surface area contributed by atoms with Crippen molar-refractivity contribution in [3.63, 3.8) is 0 Å². The number of rotatable bonds is 16. The molecule has 0 saturated carbocycles. The van der Waals surface area contributed by atoms with Gasteiger partial charge < -0.3 is 38.5 Å². The molecule has 0 N–H and O–H groups in total. The monoisotopic (exact) mass is 1310 g/mol. The molecule has 8 atom stereocenters. The number of aromatic nitrogens is 4. The molecule has 2 aromatic heterocycles. The number of nitrogens with zero attached hydrogens (tertiary/aromatic N) is 10. The van der Waals surface area contributed by atoms with Gasteiger partial charge in [0.1, 0.15) is 36.3 Å². The number of hydrogen-bond donors (Lipinski definition) is 0. The van der Waals surface area contributed by atoms with Gasteiger partial charge in [0.15, 0.2) is 35.8 Å². The minimum atomic E-state index is -1.59. The summed E-state index contributed by atoms with van der Waals surface area (Å²) in [6, 6.07) is 12.9. The van der Waals surface area contributed by atoms with Gasteiger partial charge >= 0.3 is 23.9 Å². The fourth-order valence-corrected chi connectivity index (χ4v) is 10.8. The third kappa shape index (κ3) is 18.8. The Morgan fingerprint density at radius 1 is 0.442 bits per heavy atom. The number of carbonyl (C=O) groups is 8. The summed E-state index contributed by atoms with van der Waals surface area (Å²) in [7, 11) is 5.46. The molecule has 22 nitrogen and oxygen atoms in total. The molecule has 4 amide bonds. The van der Waals surface area contributed by atoms with Crippen LogP contribution in [0.15, 0.2) is 69.9 Å². The Kier molecular flexibility index (Phi) is 25.2. The van der Waals surface area contributed by atoms with Crippen molar-refractivity contribution in [2.45, 2.75) is 169 Å². The van der Waals surface area contributed by atoms with Crippen LogP contribution >= 0.6 is 31.9 Å². The summed E-state index contributed by atoms with van der Waals surface area (Å²) in [5.41, 5.74) is 3.13. The fourth-order valence-electron chi connectivity index (χ4n) is 9.95. The van der Waals surface area contributed by atoms with Gasteiger partial charge in [-0.2, -0.15) is 20.7 Å². The molecule has 4 aromatic rings. The quantitative estimate of drug-likeness (QED) is 0.0779. The molecule has 0 spiro atoms. The first-order valence-corrected chi connectivity index (χ1v) is 30.3. The number of ether oxygens (including phenoxy) is 4. The predicted octanol–water partition coefficient (Wildman–Crippen LogP) is 7.42. The number of benzene rings is 2. The number of nitriles is 2. The van der Waals surface area contributed by atoms with Gasteiger partial charge in [-0.1, -0.05) is 104 Å². The smallest absolute Gasteiger partial charge is 0.329 e. The first-order valence-electron chi connectivity index (χ1n) is 28.7. The molecular formula is C62H80Br2N10O12.